The highest BCUT2D eigenvalue weighted by Crippen LogP contribution is 2.36. The fourth-order valence-electron chi connectivity index (χ4n) is 2.34. The van der Waals surface area contributed by atoms with Crippen LogP contribution in [0.25, 0.3) is 0 Å². The molecule has 0 bridgehead atoms. The molecule has 22 heavy (non-hydrogen) atoms. The van der Waals surface area contributed by atoms with Crippen LogP contribution in [0.5, 0.6) is 0 Å². The first-order valence-electron chi connectivity index (χ1n) is 7.11. The van der Waals surface area contributed by atoms with Crippen LogP contribution >= 0.6 is 0 Å². The van der Waals surface area contributed by atoms with Gasteiger partial charge < -0.3 is 14.0 Å². The van der Waals surface area contributed by atoms with Crippen molar-refractivity contribution in [3.8, 4) is 6.07 Å². The van der Waals surface area contributed by atoms with Crippen molar-refractivity contribution in [2.24, 2.45) is 0 Å². The number of rotatable bonds is 2. The molecule has 5 nitrogen and oxygen atoms in total. The number of nitrogens with zero attached hydrogens (tertiary/aromatic N) is 1. The number of carbonyl (C=O) groups excluding carboxylic acids is 1. The number of nitriles is 1. The van der Waals surface area contributed by atoms with Crippen molar-refractivity contribution in [2.45, 2.75) is 45.8 Å². The van der Waals surface area contributed by atoms with Crippen molar-refractivity contribution in [3.63, 3.8) is 0 Å². The molecule has 0 unspecified atom stereocenters. The van der Waals surface area contributed by atoms with Gasteiger partial charge in [-0.3, -0.25) is 0 Å². The number of benzene rings is 1. The van der Waals surface area contributed by atoms with Gasteiger partial charge in [0, 0.05) is 0 Å². The van der Waals surface area contributed by atoms with Crippen LogP contribution in [-0.2, 0) is 14.0 Å². The second-order valence-electron chi connectivity index (χ2n) is 6.43. The average Bonchev–Trinajstić information content (AvgIpc) is 2.66. The molecule has 2 rings (SSSR count). The molecule has 0 aliphatic carbocycles. The maximum absolute atomic E-state index is 11.9. The first-order chi connectivity index (χ1) is 10.1. The summed E-state index contributed by atoms with van der Waals surface area (Å²) in [4.78, 5) is 11.9. The molecule has 0 N–H and O–H groups in total. The van der Waals surface area contributed by atoms with Crippen LogP contribution in [0.15, 0.2) is 12.1 Å². The van der Waals surface area contributed by atoms with E-state index in [9.17, 15) is 10.1 Å². The van der Waals surface area contributed by atoms with Gasteiger partial charge in [0.2, 0.25) is 0 Å². The number of carbonyl (C=O) groups is 1. The summed E-state index contributed by atoms with van der Waals surface area (Å²) in [5, 5.41) is 9.20. The van der Waals surface area contributed by atoms with E-state index in [-0.39, 0.29) is 0 Å². The first-order valence-corrected chi connectivity index (χ1v) is 7.11. The molecule has 0 aromatic heterocycles. The SMILES string of the molecule is COC(=O)c1cc(C#N)cc(B2OC(C)(C)C(C)(C)O2)c1C. The van der Waals surface area contributed by atoms with Crippen molar-refractivity contribution in [3.05, 3.63) is 28.8 Å². The summed E-state index contributed by atoms with van der Waals surface area (Å²) in [5.74, 6) is -0.479. The Morgan fingerprint density at radius 2 is 1.77 bits per heavy atom. The molecule has 1 heterocycles. The van der Waals surface area contributed by atoms with Crippen LogP contribution < -0.4 is 5.46 Å². The number of esters is 1. The Bertz CT molecular complexity index is 645. The molecule has 6 heteroatoms. The topological polar surface area (TPSA) is 68.6 Å². The maximum atomic E-state index is 11.9. The predicted octanol–water partition coefficient (Wildman–Crippen LogP) is 1.95. The Kier molecular flexibility index (Phi) is 4.07. The van der Waals surface area contributed by atoms with Crippen LogP contribution in [-0.4, -0.2) is 31.4 Å². The number of methoxy groups -OCH3 is 1. The third kappa shape index (κ3) is 2.62. The number of hydrogen-bond donors (Lipinski definition) is 0. The Balaban J connectivity index is 2.53. The van der Waals surface area contributed by atoms with Gasteiger partial charge in [0.1, 0.15) is 0 Å². The zero-order chi connectivity index (χ0) is 16.7. The molecule has 1 aromatic carbocycles. The zero-order valence-electron chi connectivity index (χ0n) is 13.8. The quantitative estimate of drug-likeness (QED) is 0.617. The monoisotopic (exact) mass is 301 g/mol. The van der Waals surface area contributed by atoms with Crippen LogP contribution in [0.1, 0.15) is 49.2 Å². The van der Waals surface area contributed by atoms with Crippen molar-refractivity contribution in [1.82, 2.24) is 0 Å². The Hall–Kier alpha value is -1.84. The minimum Gasteiger partial charge on any atom is -0.465 e. The van der Waals surface area contributed by atoms with Gasteiger partial charge in [-0.05, 0) is 57.8 Å². The van der Waals surface area contributed by atoms with E-state index in [0.29, 0.717) is 22.2 Å². The van der Waals surface area contributed by atoms with Crippen LogP contribution in [0, 0.1) is 18.3 Å². The second-order valence-corrected chi connectivity index (χ2v) is 6.43. The van der Waals surface area contributed by atoms with Crippen LogP contribution in [0.4, 0.5) is 0 Å². The van der Waals surface area contributed by atoms with Crippen LogP contribution in [0.2, 0.25) is 0 Å². The van der Waals surface area contributed by atoms with E-state index in [0.717, 1.165) is 0 Å². The zero-order valence-corrected chi connectivity index (χ0v) is 13.8. The fourth-order valence-corrected chi connectivity index (χ4v) is 2.34. The summed E-state index contributed by atoms with van der Waals surface area (Å²) in [6.07, 6.45) is 0. The lowest BCUT2D eigenvalue weighted by molar-refractivity contribution is 0.00578. The number of hydrogen-bond acceptors (Lipinski definition) is 5. The van der Waals surface area contributed by atoms with Crippen molar-refractivity contribution >= 4 is 18.6 Å². The van der Waals surface area contributed by atoms with Gasteiger partial charge in [-0.15, -0.1) is 0 Å². The third-order valence-electron chi connectivity index (χ3n) is 4.49. The van der Waals surface area contributed by atoms with Crippen molar-refractivity contribution in [2.75, 3.05) is 7.11 Å². The van der Waals surface area contributed by atoms with Gasteiger partial charge in [-0.25, -0.2) is 4.79 Å². The maximum Gasteiger partial charge on any atom is 0.495 e. The third-order valence-corrected chi connectivity index (χ3v) is 4.49. The summed E-state index contributed by atoms with van der Waals surface area (Å²) < 4.78 is 16.8. The minimum absolute atomic E-state index is 0.353. The standard InChI is InChI=1S/C16H20BNO4/c1-10-12(14(19)20-6)7-11(9-18)8-13(10)17-21-15(2,3)16(4,5)22-17/h7-8H,1-6H3. The minimum atomic E-state index is -0.623. The molecule has 0 atom stereocenters. The summed E-state index contributed by atoms with van der Waals surface area (Å²) in [6, 6.07) is 5.28. The molecule has 116 valence electrons. The summed E-state index contributed by atoms with van der Waals surface area (Å²) in [7, 11) is 0.691. The smallest absolute Gasteiger partial charge is 0.465 e. The molecular weight excluding hydrogens is 281 g/mol. The molecule has 1 aliphatic rings. The van der Waals surface area contributed by atoms with Gasteiger partial charge in [0.15, 0.2) is 0 Å². The molecule has 1 aliphatic heterocycles. The molecule has 1 aromatic rings. The second kappa shape index (κ2) is 5.42. The van der Waals surface area contributed by atoms with Crippen molar-refractivity contribution < 1.29 is 18.8 Å². The van der Waals surface area contributed by atoms with E-state index in [1.807, 2.05) is 27.7 Å². The normalized spacial score (nSPS) is 18.9. The Morgan fingerprint density at radius 1 is 1.23 bits per heavy atom. The van der Waals surface area contributed by atoms with Gasteiger partial charge in [0.25, 0.3) is 0 Å². The molecule has 0 spiro atoms. The van der Waals surface area contributed by atoms with Gasteiger partial charge >= 0.3 is 13.1 Å². The van der Waals surface area contributed by atoms with Crippen molar-refractivity contribution in [1.29, 1.82) is 5.26 Å². The average molecular weight is 301 g/mol. The van der Waals surface area contributed by atoms with E-state index >= 15 is 0 Å². The first kappa shape index (κ1) is 16.5. The highest BCUT2D eigenvalue weighted by atomic mass is 16.7. The highest BCUT2D eigenvalue weighted by Gasteiger charge is 2.52. The van der Waals surface area contributed by atoms with Crippen LogP contribution in [0.3, 0.4) is 0 Å². The van der Waals surface area contributed by atoms with Gasteiger partial charge in [0.05, 0.1) is 35.5 Å². The molecule has 0 amide bonds. The predicted molar refractivity (Wildman–Crippen MR) is 82.9 cm³/mol. The highest BCUT2D eigenvalue weighted by molar-refractivity contribution is 6.62. The number of ether oxygens (including phenoxy) is 1. The van der Waals surface area contributed by atoms with E-state index in [1.165, 1.54) is 13.2 Å². The Labute approximate surface area is 131 Å². The largest absolute Gasteiger partial charge is 0.495 e. The lowest BCUT2D eigenvalue weighted by atomic mass is 9.74. The molecule has 0 radical (unpaired) electrons. The molecule has 0 saturated carbocycles. The van der Waals surface area contributed by atoms with E-state index in [4.69, 9.17) is 14.0 Å². The van der Waals surface area contributed by atoms with E-state index in [1.54, 1.807) is 13.0 Å². The van der Waals surface area contributed by atoms with E-state index in [2.05, 4.69) is 6.07 Å². The summed E-state index contributed by atoms with van der Waals surface area (Å²) in [5.41, 5.74) is 1.13. The lowest BCUT2D eigenvalue weighted by Gasteiger charge is -2.32. The Morgan fingerprint density at radius 3 is 2.23 bits per heavy atom. The molecule has 1 saturated heterocycles. The fraction of sp³-hybridized carbons (Fsp3) is 0.500. The summed E-state index contributed by atoms with van der Waals surface area (Å²) in [6.45, 7) is 9.62. The summed E-state index contributed by atoms with van der Waals surface area (Å²) >= 11 is 0. The lowest BCUT2D eigenvalue weighted by Crippen LogP contribution is -2.41. The molecule has 1 fully saturated rings. The molecular formula is C16H20BNO4. The van der Waals surface area contributed by atoms with Gasteiger partial charge in [-0.1, -0.05) is 0 Å². The van der Waals surface area contributed by atoms with Gasteiger partial charge in [-0.2, -0.15) is 5.26 Å². The van der Waals surface area contributed by atoms with E-state index < -0.39 is 24.3 Å².